The van der Waals surface area contributed by atoms with E-state index in [0.29, 0.717) is 0 Å². The summed E-state index contributed by atoms with van der Waals surface area (Å²) in [5.41, 5.74) is 18.4. The van der Waals surface area contributed by atoms with E-state index in [9.17, 15) is 0 Å². The van der Waals surface area contributed by atoms with Crippen LogP contribution in [0.15, 0.2) is 230 Å². The van der Waals surface area contributed by atoms with Crippen molar-refractivity contribution in [3.8, 4) is 61.8 Å². The second-order valence-corrected chi connectivity index (χ2v) is 16.2. The van der Waals surface area contributed by atoms with Crippen molar-refractivity contribution in [1.82, 2.24) is 14.5 Å². The van der Waals surface area contributed by atoms with Gasteiger partial charge in [-0.3, -0.25) is 0 Å². The number of rotatable bonds is 7. The molecule has 0 fully saturated rings. The van der Waals surface area contributed by atoms with Crippen LogP contribution in [0.25, 0.3) is 83.6 Å². The Morgan fingerprint density at radius 2 is 0.968 bits per heavy atom. The maximum atomic E-state index is 5.09. The normalized spacial score (nSPS) is 14.2. The van der Waals surface area contributed by atoms with Crippen molar-refractivity contribution in [2.45, 2.75) is 12.3 Å². The molecule has 0 saturated heterocycles. The van der Waals surface area contributed by atoms with Crippen molar-refractivity contribution in [2.75, 3.05) is 4.90 Å². The van der Waals surface area contributed by atoms with Gasteiger partial charge in [0.2, 0.25) is 0 Å². The number of nitrogens with zero attached hydrogens (tertiary/aromatic N) is 4. The third kappa shape index (κ3) is 6.15. The summed E-state index contributed by atoms with van der Waals surface area (Å²) in [6.07, 6.45) is 7.76. The summed E-state index contributed by atoms with van der Waals surface area (Å²) < 4.78 is 2.40. The zero-order chi connectivity index (χ0) is 41.0. The quantitative estimate of drug-likeness (QED) is 0.161. The van der Waals surface area contributed by atoms with Crippen LogP contribution in [0.1, 0.15) is 17.9 Å². The lowest BCUT2D eigenvalue weighted by atomic mass is 9.90. The van der Waals surface area contributed by atoms with Crippen LogP contribution in [0.2, 0.25) is 0 Å². The average molecular weight is 793 g/mol. The standard InChI is InChI=1S/C58H40N4/c1-4-14-39(15-5-1)40-24-30-46(31-25-40)61-54-22-12-10-20-48(54)50-36-44(28-34-56(50)61)45-29-35-57-51(37-45)49-21-11-13-23-55(49)62(57)47-32-26-42(27-33-47)53-38-52(41-16-6-2-7-17-41)59-58(60-53)43-18-8-3-9-19-43/h1-20,22-38,49H,21H2. The second-order valence-electron chi connectivity index (χ2n) is 16.2. The zero-order valence-electron chi connectivity index (χ0n) is 33.9. The van der Waals surface area contributed by atoms with Crippen LogP contribution in [0.5, 0.6) is 0 Å². The second kappa shape index (κ2) is 14.9. The minimum Gasteiger partial charge on any atom is -0.313 e. The molecule has 2 aliphatic rings. The number of allylic oxidation sites excluding steroid dienone is 4. The SMILES string of the molecule is C1=CCC2C(=C1)N(c1ccc(-c3cc(-c4ccccc4)nc(-c4ccccc4)n3)cc1)c1ccc(-c3ccc4c(c3)c3ccccc3n4-c3ccc(-c4ccccc4)cc3)cc12. The first kappa shape index (κ1) is 35.8. The van der Waals surface area contributed by atoms with Crippen LogP contribution < -0.4 is 4.90 Å². The highest BCUT2D eigenvalue weighted by Crippen LogP contribution is 2.52. The molecule has 10 aromatic rings. The lowest BCUT2D eigenvalue weighted by Gasteiger charge is -2.24. The first-order valence-corrected chi connectivity index (χ1v) is 21.3. The highest BCUT2D eigenvalue weighted by molar-refractivity contribution is 6.10. The van der Waals surface area contributed by atoms with Crippen LogP contribution in [-0.4, -0.2) is 14.5 Å². The van der Waals surface area contributed by atoms with Gasteiger partial charge in [-0.15, -0.1) is 0 Å². The molecule has 0 N–H and O–H groups in total. The van der Waals surface area contributed by atoms with E-state index in [0.717, 1.165) is 51.7 Å². The highest BCUT2D eigenvalue weighted by atomic mass is 15.2. The van der Waals surface area contributed by atoms with E-state index in [2.05, 4.69) is 210 Å². The Labute approximate surface area is 361 Å². The molecule has 1 aliphatic carbocycles. The molecule has 2 aromatic heterocycles. The Hall–Kier alpha value is -8.08. The first-order valence-electron chi connectivity index (χ1n) is 21.3. The molecule has 0 amide bonds. The Morgan fingerprint density at radius 1 is 0.419 bits per heavy atom. The smallest absolute Gasteiger partial charge is 0.160 e. The van der Waals surface area contributed by atoms with E-state index in [1.807, 2.05) is 24.3 Å². The maximum Gasteiger partial charge on any atom is 0.160 e. The molecule has 1 aliphatic heterocycles. The molecule has 12 rings (SSSR count). The van der Waals surface area contributed by atoms with Crippen LogP contribution in [-0.2, 0) is 0 Å². The maximum absolute atomic E-state index is 5.09. The molecule has 0 bridgehead atoms. The van der Waals surface area contributed by atoms with Gasteiger partial charge in [0.1, 0.15) is 0 Å². The van der Waals surface area contributed by atoms with E-state index in [4.69, 9.17) is 9.97 Å². The van der Waals surface area contributed by atoms with Crippen molar-refractivity contribution >= 4 is 33.2 Å². The predicted octanol–water partition coefficient (Wildman–Crippen LogP) is 15.0. The molecule has 8 aromatic carbocycles. The molecule has 292 valence electrons. The van der Waals surface area contributed by atoms with Gasteiger partial charge < -0.3 is 9.47 Å². The summed E-state index contributed by atoms with van der Waals surface area (Å²) in [7, 11) is 0. The summed E-state index contributed by atoms with van der Waals surface area (Å²) in [4.78, 5) is 12.5. The van der Waals surface area contributed by atoms with E-state index in [-0.39, 0.29) is 5.92 Å². The number of aromatic nitrogens is 3. The zero-order valence-corrected chi connectivity index (χ0v) is 33.9. The molecule has 3 heterocycles. The summed E-state index contributed by atoms with van der Waals surface area (Å²) in [6.45, 7) is 0. The van der Waals surface area contributed by atoms with Crippen LogP contribution in [0.3, 0.4) is 0 Å². The first-order chi connectivity index (χ1) is 30.7. The Bertz CT molecular complexity index is 3290. The van der Waals surface area contributed by atoms with E-state index in [1.165, 1.54) is 61.0 Å². The molecule has 1 unspecified atom stereocenters. The topological polar surface area (TPSA) is 34.0 Å². The minimum atomic E-state index is 0.280. The van der Waals surface area contributed by atoms with Crippen molar-refractivity contribution in [2.24, 2.45) is 0 Å². The summed E-state index contributed by atoms with van der Waals surface area (Å²) in [6, 6.07) is 73.9. The molecule has 4 nitrogen and oxygen atoms in total. The van der Waals surface area contributed by atoms with Crippen molar-refractivity contribution in [3.05, 3.63) is 236 Å². The van der Waals surface area contributed by atoms with Gasteiger partial charge in [-0.1, -0.05) is 158 Å². The molecule has 4 heteroatoms. The Balaban J connectivity index is 0.896. The minimum absolute atomic E-state index is 0.280. The van der Waals surface area contributed by atoms with Gasteiger partial charge in [0.25, 0.3) is 0 Å². The molecule has 62 heavy (non-hydrogen) atoms. The van der Waals surface area contributed by atoms with Crippen molar-refractivity contribution in [3.63, 3.8) is 0 Å². The fraction of sp³-hybridized carbons (Fsp3) is 0.0345. The van der Waals surface area contributed by atoms with Gasteiger partial charge in [0.05, 0.1) is 22.4 Å². The molecule has 0 saturated carbocycles. The van der Waals surface area contributed by atoms with Crippen molar-refractivity contribution < 1.29 is 0 Å². The number of fused-ring (bicyclic) bond motifs is 6. The predicted molar refractivity (Wildman–Crippen MR) is 257 cm³/mol. The van der Waals surface area contributed by atoms with Crippen LogP contribution >= 0.6 is 0 Å². The molecule has 0 spiro atoms. The Morgan fingerprint density at radius 3 is 1.71 bits per heavy atom. The summed E-state index contributed by atoms with van der Waals surface area (Å²) >= 11 is 0. The van der Waals surface area contributed by atoms with Crippen LogP contribution in [0, 0.1) is 0 Å². The van der Waals surface area contributed by atoms with Gasteiger partial charge in [-0.25, -0.2) is 9.97 Å². The number of hydrogen-bond acceptors (Lipinski definition) is 3. The monoisotopic (exact) mass is 792 g/mol. The fourth-order valence-electron chi connectivity index (χ4n) is 9.49. The van der Waals surface area contributed by atoms with Gasteiger partial charge in [0.15, 0.2) is 5.82 Å². The molecular weight excluding hydrogens is 753 g/mol. The largest absolute Gasteiger partial charge is 0.313 e. The van der Waals surface area contributed by atoms with Crippen molar-refractivity contribution in [1.29, 1.82) is 0 Å². The average Bonchev–Trinajstić information content (AvgIpc) is 3.87. The van der Waals surface area contributed by atoms with Gasteiger partial charge in [0, 0.05) is 56.1 Å². The van der Waals surface area contributed by atoms with Gasteiger partial charge in [-0.05, 0) is 101 Å². The van der Waals surface area contributed by atoms with E-state index < -0.39 is 0 Å². The molecule has 0 radical (unpaired) electrons. The third-order valence-electron chi connectivity index (χ3n) is 12.5. The number of benzene rings is 8. The van der Waals surface area contributed by atoms with E-state index in [1.54, 1.807) is 0 Å². The lowest BCUT2D eigenvalue weighted by molar-refractivity contribution is 0.820. The lowest BCUT2D eigenvalue weighted by Crippen LogP contribution is -2.14. The third-order valence-corrected chi connectivity index (χ3v) is 12.5. The molecule has 1 atom stereocenters. The Kier molecular flexibility index (Phi) is 8.60. The fourth-order valence-corrected chi connectivity index (χ4v) is 9.49. The number of para-hydroxylation sites is 1. The summed E-state index contributed by atoms with van der Waals surface area (Å²) in [5.74, 6) is 0.999. The van der Waals surface area contributed by atoms with E-state index >= 15 is 0 Å². The summed E-state index contributed by atoms with van der Waals surface area (Å²) in [5, 5.41) is 2.51. The highest BCUT2D eigenvalue weighted by Gasteiger charge is 2.35. The van der Waals surface area contributed by atoms with Gasteiger partial charge in [-0.2, -0.15) is 0 Å². The van der Waals surface area contributed by atoms with Crippen LogP contribution in [0.4, 0.5) is 11.4 Å². The van der Waals surface area contributed by atoms with Gasteiger partial charge >= 0.3 is 0 Å². The number of hydrogen-bond donors (Lipinski definition) is 0. The number of anilines is 2. The molecular formula is C58H40N4.